The second kappa shape index (κ2) is 11.3. The summed E-state index contributed by atoms with van der Waals surface area (Å²) in [5, 5.41) is 2.94. The van der Waals surface area contributed by atoms with E-state index in [4.69, 9.17) is 0 Å². The zero-order valence-corrected chi connectivity index (χ0v) is 30.0. The summed E-state index contributed by atoms with van der Waals surface area (Å²) < 4.78 is 6.49. The van der Waals surface area contributed by atoms with Crippen LogP contribution in [0.1, 0.15) is 65.0 Å². The van der Waals surface area contributed by atoms with Gasteiger partial charge in [0.25, 0.3) is 0 Å². The predicted molar refractivity (Wildman–Crippen MR) is 175 cm³/mol. The van der Waals surface area contributed by atoms with E-state index < -0.39 is 22.9 Å². The van der Waals surface area contributed by atoms with E-state index in [1.165, 1.54) is 71.5 Å². The number of aromatic nitrogens is 2. The molecule has 5 heteroatoms. The summed E-state index contributed by atoms with van der Waals surface area (Å²) in [4.78, 5) is 0. The molecule has 0 spiro atoms. The fraction of sp³-hybridized carbons (Fsp3) is 0.200. The van der Waals surface area contributed by atoms with Gasteiger partial charge in [-0.05, 0) is 0 Å². The molecule has 2 unspecified atom stereocenters. The monoisotopic (exact) mass is 790 g/mol. The third-order valence-corrected chi connectivity index (χ3v) is 17.3. The van der Waals surface area contributed by atoms with Gasteiger partial charge in [0.2, 0.25) is 0 Å². The van der Waals surface area contributed by atoms with Gasteiger partial charge >= 0.3 is 265 Å². The van der Waals surface area contributed by atoms with Gasteiger partial charge in [-0.15, -0.1) is 0 Å². The zero-order valence-electron chi connectivity index (χ0n) is 24.9. The minimum absolute atomic E-state index is 0. The third-order valence-electron chi connectivity index (χ3n) is 10.5. The maximum absolute atomic E-state index is 2.72. The Morgan fingerprint density at radius 1 is 0.489 bits per heavy atom. The second-order valence-corrected chi connectivity index (χ2v) is 18.0. The van der Waals surface area contributed by atoms with Crippen LogP contribution in [0.2, 0.25) is 0 Å². The third kappa shape index (κ3) is 4.23. The fourth-order valence-electron chi connectivity index (χ4n) is 8.78. The summed E-state index contributed by atoms with van der Waals surface area (Å²) in [7, 11) is 0. The average Bonchev–Trinajstić information content (AvgIpc) is 3.88. The molecule has 4 aliphatic rings. The number of fused-ring (bicyclic) bond motifs is 8. The molecule has 0 saturated carbocycles. The summed E-state index contributed by atoms with van der Waals surface area (Å²) in [5.74, 6) is 0. The Bertz CT molecular complexity index is 2040. The Hall–Kier alpha value is -3.11. The SMILES string of the molecule is C1=C(n2c3c(c4ccccc42)CCC3)[CH]([Hf+2][CH]2C(n3c4c(c5ccccc53)CCC4)=Cc3ccccc32)c2ccccc21.[Cl-].[Cl-]. The number of hydrogen-bond donors (Lipinski definition) is 0. The van der Waals surface area contributed by atoms with Gasteiger partial charge in [-0.2, -0.15) is 0 Å². The molecule has 0 saturated heterocycles. The van der Waals surface area contributed by atoms with E-state index in [9.17, 15) is 0 Å². The Labute approximate surface area is 288 Å². The fourth-order valence-corrected chi connectivity index (χ4v) is 15.9. The van der Waals surface area contributed by atoms with Crippen molar-refractivity contribution >= 4 is 45.4 Å². The van der Waals surface area contributed by atoms with Gasteiger partial charge in [0.1, 0.15) is 0 Å². The Kier molecular flexibility index (Phi) is 7.36. The number of rotatable bonds is 4. The predicted octanol–water partition coefficient (Wildman–Crippen LogP) is 3.47. The number of nitrogens with zero attached hydrogens (tertiary/aromatic N) is 2. The van der Waals surface area contributed by atoms with Crippen LogP contribution < -0.4 is 24.8 Å². The van der Waals surface area contributed by atoms with E-state index in [0.717, 1.165) is 0 Å². The van der Waals surface area contributed by atoms with E-state index in [-0.39, 0.29) is 24.8 Å². The average molecular weight is 790 g/mol. The van der Waals surface area contributed by atoms with Crippen molar-refractivity contribution in [1.82, 2.24) is 9.13 Å². The quantitative estimate of drug-likeness (QED) is 0.243. The molecule has 0 fully saturated rings. The molecule has 0 bridgehead atoms. The molecule has 6 aromatic rings. The molecule has 4 aliphatic carbocycles. The number of allylic oxidation sites excluding steroid dienone is 2. The molecule has 0 amide bonds. The standard InChI is InChI=1S/2C20H16N.2ClH.Hf/c2*1-2-7-15-13-16(12-14(15)6-1)21-19-10-4-3-8-17(19)18-9-5-11-20(18)21;;;/h2*1-4,6-8,10,12-13H,5,9,11H2;2*1H;/q;;;;+2/p-2. The molecular formula is C40H32Cl2HfN2. The molecule has 10 rings (SSSR count). The van der Waals surface area contributed by atoms with Crippen LogP contribution in [0.5, 0.6) is 0 Å². The van der Waals surface area contributed by atoms with Gasteiger partial charge < -0.3 is 24.8 Å². The first-order chi connectivity index (χ1) is 21.3. The van der Waals surface area contributed by atoms with Crippen LogP contribution >= 0.6 is 0 Å². The Balaban J connectivity index is 0.00000150. The number of hydrogen-bond acceptors (Lipinski definition) is 0. The van der Waals surface area contributed by atoms with Crippen LogP contribution in [-0.4, -0.2) is 9.13 Å². The maximum Gasteiger partial charge on any atom is -1.00 e. The second-order valence-electron chi connectivity index (χ2n) is 12.7. The molecule has 0 radical (unpaired) electrons. The van der Waals surface area contributed by atoms with Crippen LogP contribution in [0.15, 0.2) is 97.1 Å². The van der Waals surface area contributed by atoms with Crippen molar-refractivity contribution in [3.63, 3.8) is 0 Å². The molecule has 220 valence electrons. The van der Waals surface area contributed by atoms with Gasteiger partial charge in [-0.1, -0.05) is 0 Å². The molecule has 4 aromatic carbocycles. The maximum atomic E-state index is 2.72. The molecule has 2 nitrogen and oxygen atoms in total. The number of benzene rings is 4. The molecular weight excluding hydrogens is 758 g/mol. The molecule has 2 aromatic heterocycles. The van der Waals surface area contributed by atoms with Crippen molar-refractivity contribution in [3.05, 3.63) is 142 Å². The van der Waals surface area contributed by atoms with E-state index in [1.54, 1.807) is 45.0 Å². The van der Waals surface area contributed by atoms with Crippen molar-refractivity contribution in [2.75, 3.05) is 0 Å². The van der Waals surface area contributed by atoms with Gasteiger partial charge in [0.15, 0.2) is 0 Å². The summed E-state index contributed by atoms with van der Waals surface area (Å²) in [6, 6.07) is 37.0. The molecule has 0 aliphatic heterocycles. The summed E-state index contributed by atoms with van der Waals surface area (Å²) in [6.07, 6.45) is 12.5. The van der Waals surface area contributed by atoms with Crippen LogP contribution in [0.3, 0.4) is 0 Å². The van der Waals surface area contributed by atoms with Gasteiger partial charge in [-0.3, -0.25) is 0 Å². The minimum Gasteiger partial charge on any atom is -1.00 e. The smallest absolute Gasteiger partial charge is 1.00 e. The van der Waals surface area contributed by atoms with E-state index in [2.05, 4.69) is 118 Å². The van der Waals surface area contributed by atoms with E-state index in [1.807, 2.05) is 0 Å². The van der Waals surface area contributed by atoms with Crippen LogP contribution in [-0.2, 0) is 48.6 Å². The molecule has 2 atom stereocenters. The van der Waals surface area contributed by atoms with Crippen molar-refractivity contribution in [3.8, 4) is 0 Å². The topological polar surface area (TPSA) is 9.86 Å². The first kappa shape index (κ1) is 29.3. The Morgan fingerprint density at radius 3 is 1.40 bits per heavy atom. The molecule has 0 N–H and O–H groups in total. The van der Waals surface area contributed by atoms with Crippen molar-refractivity contribution < 1.29 is 47.7 Å². The minimum atomic E-state index is -1.45. The zero-order chi connectivity index (χ0) is 28.1. The van der Waals surface area contributed by atoms with Crippen LogP contribution in [0.25, 0.3) is 45.4 Å². The van der Waals surface area contributed by atoms with E-state index in [0.29, 0.717) is 7.35 Å². The van der Waals surface area contributed by atoms with Crippen molar-refractivity contribution in [2.24, 2.45) is 0 Å². The van der Waals surface area contributed by atoms with Gasteiger partial charge in [-0.25, -0.2) is 0 Å². The summed E-state index contributed by atoms with van der Waals surface area (Å²) in [6.45, 7) is 0. The van der Waals surface area contributed by atoms with E-state index >= 15 is 0 Å². The normalized spacial score (nSPS) is 18.8. The number of para-hydroxylation sites is 2. The summed E-state index contributed by atoms with van der Waals surface area (Å²) in [5.41, 5.74) is 18.3. The largest absolute Gasteiger partial charge is 1.00 e. The number of halogens is 2. The Morgan fingerprint density at radius 2 is 0.911 bits per heavy atom. The van der Waals surface area contributed by atoms with Crippen LogP contribution in [0, 0.1) is 0 Å². The van der Waals surface area contributed by atoms with Gasteiger partial charge in [0.05, 0.1) is 0 Å². The van der Waals surface area contributed by atoms with Crippen molar-refractivity contribution in [1.29, 1.82) is 0 Å². The molecule has 45 heavy (non-hydrogen) atoms. The van der Waals surface area contributed by atoms with Gasteiger partial charge in [0, 0.05) is 0 Å². The number of aryl methyl sites for hydroxylation is 2. The first-order valence-corrected chi connectivity index (χ1v) is 20.1. The van der Waals surface area contributed by atoms with Crippen LogP contribution in [0.4, 0.5) is 0 Å². The first-order valence-electron chi connectivity index (χ1n) is 16.0. The van der Waals surface area contributed by atoms with Crippen molar-refractivity contribution in [2.45, 2.75) is 45.9 Å². The molecule has 2 heterocycles. The summed E-state index contributed by atoms with van der Waals surface area (Å²) >= 11 is -1.45.